The minimum Gasteiger partial charge on any atom is -0.693 e. The molecule has 2 heterocycles. The predicted molar refractivity (Wildman–Crippen MR) is 82.3 cm³/mol. The molecular weight excluding hydrogens is 618 g/mol. The number of nitrogens with two attached hydrogens (primary N) is 1. The number of hydrogen-bond acceptors (Lipinski definition) is 5. The Balaban J connectivity index is -0.000000135. The van der Waals surface area contributed by atoms with Crippen LogP contribution in [0.2, 0.25) is 0 Å². The third-order valence-corrected chi connectivity index (χ3v) is 3.65. The molecule has 1 radical (unpaired) electrons. The third kappa shape index (κ3) is 9.00. The molecule has 2 rings (SSSR count). The average molecular weight is 641 g/mol. The smallest absolute Gasteiger partial charge is 0.693 e. The van der Waals surface area contributed by atoms with E-state index >= 15 is 0 Å². The number of amidine groups is 1. The van der Waals surface area contributed by atoms with E-state index in [1.54, 1.807) is 6.20 Å². The Labute approximate surface area is 193 Å². The normalized spacial score (nSPS) is 17.7. The van der Waals surface area contributed by atoms with Crippen LogP contribution in [0.4, 0.5) is 0 Å². The van der Waals surface area contributed by atoms with Gasteiger partial charge in [-0.05, 0) is 33.3 Å². The van der Waals surface area contributed by atoms with Gasteiger partial charge in [0.15, 0.2) is 5.84 Å². The molecule has 0 aromatic carbocycles. The van der Waals surface area contributed by atoms with Gasteiger partial charge in [0.05, 0.1) is 11.1 Å². The van der Waals surface area contributed by atoms with Crippen molar-refractivity contribution in [3.63, 3.8) is 0 Å². The van der Waals surface area contributed by atoms with Crippen LogP contribution in [0, 0.1) is 10.1 Å². The summed E-state index contributed by atoms with van der Waals surface area (Å²) in [5.74, 6) is 0.642. The fourth-order valence-corrected chi connectivity index (χ4v) is 1.75. The predicted octanol–water partition coefficient (Wildman–Crippen LogP) is 2.01. The minimum atomic E-state index is -1.50. The van der Waals surface area contributed by atoms with E-state index < -0.39 is 10.6 Å². The van der Waals surface area contributed by atoms with Crippen molar-refractivity contribution in [2.24, 2.45) is 4.99 Å². The van der Waals surface area contributed by atoms with Crippen LogP contribution in [-0.4, -0.2) is 49.5 Å². The molecule has 0 unspecified atom stereocenters. The van der Waals surface area contributed by atoms with Crippen molar-refractivity contribution in [1.29, 1.82) is 0 Å². The maximum absolute atomic E-state index is 10.2. The van der Waals surface area contributed by atoms with Crippen LogP contribution in [0.1, 0.15) is 27.7 Å². The van der Waals surface area contributed by atoms with Gasteiger partial charge in [0.25, 0.3) is 5.09 Å². The zero-order valence-corrected chi connectivity index (χ0v) is 18.4. The maximum Gasteiger partial charge on any atom is 1.00 e. The van der Waals surface area contributed by atoms with E-state index in [0.29, 0.717) is 12.4 Å². The Morgan fingerprint density at radius 2 is 1.76 bits per heavy atom. The summed E-state index contributed by atoms with van der Waals surface area (Å²) in [6, 6.07) is 0. The van der Waals surface area contributed by atoms with E-state index in [-0.39, 0.29) is 84.3 Å². The number of allylic oxidation sites excluding steroid dienone is 2. The molecule has 0 fully saturated rings. The molecule has 159 valence electrons. The van der Waals surface area contributed by atoms with E-state index in [1.807, 2.05) is 39.8 Å². The molecule has 0 atom stereocenters. The first-order chi connectivity index (χ1) is 9.09. The van der Waals surface area contributed by atoms with Crippen LogP contribution < -0.4 is 0 Å². The molecule has 2 aliphatic rings. The number of hydrogen-bond donors (Lipinski definition) is 2. The number of nitrogens with zero attached hydrogens (tertiary/aromatic N) is 4. The zero-order chi connectivity index (χ0) is 15.6. The second-order valence-electron chi connectivity index (χ2n) is 5.48. The van der Waals surface area contributed by atoms with Crippen molar-refractivity contribution in [1.82, 2.24) is 5.06 Å². The standard InChI is InChI=1S/C12H18N3O.3Ag.HNO3.H2N.H2O/c1-11(2)12(3,4)15(16)10(14-11)9-6-5-7-13-8-9;;;;2-1(3)4;;/h5-7,16H,8H2,1-4H3;;;;(H,2,3,4);2*1H2/q-1;;2*+1;;-1;. The van der Waals surface area contributed by atoms with Gasteiger partial charge in [-0.1, -0.05) is 12.2 Å². The van der Waals surface area contributed by atoms with Gasteiger partial charge in [-0.3, -0.25) is 10.2 Å². The van der Waals surface area contributed by atoms with Crippen molar-refractivity contribution in [3.8, 4) is 0 Å². The van der Waals surface area contributed by atoms with Gasteiger partial charge in [0.2, 0.25) is 0 Å². The van der Waals surface area contributed by atoms with E-state index in [4.69, 9.17) is 15.3 Å². The Kier molecular flexibility index (Phi) is 20.4. The first-order valence-electron chi connectivity index (χ1n) is 6.04. The summed E-state index contributed by atoms with van der Waals surface area (Å²) in [6.45, 7) is 8.61. The van der Waals surface area contributed by atoms with Crippen LogP contribution in [0.25, 0.3) is 11.5 Å². The average Bonchev–Trinajstić information content (AvgIpc) is 2.50. The molecule has 0 saturated carbocycles. The Morgan fingerprint density at radius 1 is 1.32 bits per heavy atom. The molecule has 0 amide bonds. The summed E-state index contributed by atoms with van der Waals surface area (Å²) in [5.41, 5.74) is 0.257. The topological polar surface area (TPSA) is 178 Å². The largest absolute Gasteiger partial charge is 1.00 e. The van der Waals surface area contributed by atoms with Gasteiger partial charge in [-0.25, -0.2) is 5.06 Å². The van der Waals surface area contributed by atoms with Crippen molar-refractivity contribution in [2.75, 3.05) is 6.54 Å². The van der Waals surface area contributed by atoms with Crippen molar-refractivity contribution in [3.05, 3.63) is 45.5 Å². The molecule has 25 heavy (non-hydrogen) atoms. The second kappa shape index (κ2) is 14.2. The third-order valence-electron chi connectivity index (χ3n) is 3.65. The van der Waals surface area contributed by atoms with Crippen LogP contribution in [0.15, 0.2) is 28.9 Å². The summed E-state index contributed by atoms with van der Waals surface area (Å²) in [4.78, 5) is 13.0. The van der Waals surface area contributed by atoms with Gasteiger partial charge >= 0.3 is 44.8 Å². The van der Waals surface area contributed by atoms with Crippen molar-refractivity contribution >= 4 is 5.84 Å². The van der Waals surface area contributed by atoms with E-state index in [0.717, 1.165) is 5.57 Å². The van der Waals surface area contributed by atoms with Gasteiger partial charge in [0.1, 0.15) is 0 Å². The van der Waals surface area contributed by atoms with Crippen LogP contribution in [0.5, 0.6) is 0 Å². The first-order valence-corrected chi connectivity index (χ1v) is 6.04. The Hall–Kier alpha value is 0.0508. The first kappa shape index (κ1) is 36.0. The zero-order valence-electron chi connectivity index (χ0n) is 13.9. The van der Waals surface area contributed by atoms with E-state index in [9.17, 15) is 5.21 Å². The summed E-state index contributed by atoms with van der Waals surface area (Å²) < 4.78 is 0. The minimum absolute atomic E-state index is 0. The maximum atomic E-state index is 10.2. The summed E-state index contributed by atoms with van der Waals surface area (Å²) in [7, 11) is 0. The molecule has 10 nitrogen and oxygen atoms in total. The number of hydroxylamine groups is 2. The van der Waals surface area contributed by atoms with Crippen molar-refractivity contribution < 1.29 is 88.1 Å². The van der Waals surface area contributed by atoms with Crippen LogP contribution >= 0.6 is 0 Å². The van der Waals surface area contributed by atoms with E-state index in [2.05, 4.69) is 10.3 Å². The molecule has 13 heteroatoms. The molecule has 0 aliphatic carbocycles. The molecule has 6 N–H and O–H groups in total. The molecule has 0 spiro atoms. The van der Waals surface area contributed by atoms with Gasteiger partial charge in [-0.2, -0.15) is 6.20 Å². The quantitative estimate of drug-likeness (QED) is 0.252. The fourth-order valence-electron chi connectivity index (χ4n) is 1.75. The molecule has 0 aromatic heterocycles. The van der Waals surface area contributed by atoms with Crippen LogP contribution in [-0.2, 0) is 67.1 Å². The molecule has 0 bridgehead atoms. The number of aliphatic imine (C=N–C) groups is 1. The Bertz CT molecular complexity index is 494. The summed E-state index contributed by atoms with van der Waals surface area (Å²) in [6.07, 6.45) is 5.58. The van der Waals surface area contributed by atoms with Gasteiger partial charge < -0.3 is 22.2 Å². The SMILES string of the molecule is CC1(C)N=C(C2=CC=C[N-]C2)N(O)C1(C)C.O.O=[N+]([O-])O.[Ag+].[Ag+].[Ag].[NH2-]. The summed E-state index contributed by atoms with van der Waals surface area (Å²) in [5, 5.41) is 29.3. The molecule has 0 saturated heterocycles. The van der Waals surface area contributed by atoms with Gasteiger partial charge in [-0.15, -0.1) is 16.7 Å². The van der Waals surface area contributed by atoms with Gasteiger partial charge in [0, 0.05) is 22.4 Å². The summed E-state index contributed by atoms with van der Waals surface area (Å²) >= 11 is 0. The monoisotopic (exact) mass is 638 g/mol. The van der Waals surface area contributed by atoms with Crippen molar-refractivity contribution in [2.45, 2.75) is 38.8 Å². The Morgan fingerprint density at radius 3 is 2.04 bits per heavy atom. The number of rotatable bonds is 1. The molecular formula is C12H23Ag3N5O5. The molecule has 0 aromatic rings. The molecule has 2 aliphatic heterocycles. The second-order valence-corrected chi connectivity index (χ2v) is 5.48. The fraction of sp³-hybridized carbons (Fsp3) is 0.583. The van der Waals surface area contributed by atoms with E-state index in [1.165, 1.54) is 5.06 Å². The van der Waals surface area contributed by atoms with Crippen LogP contribution in [0.3, 0.4) is 0 Å².